The van der Waals surface area contributed by atoms with Crippen LogP contribution >= 0.6 is 0 Å². The Hall–Kier alpha value is -2.11. The highest BCUT2D eigenvalue weighted by atomic mass is 16.5. The van der Waals surface area contributed by atoms with Crippen molar-refractivity contribution in [2.24, 2.45) is 0 Å². The van der Waals surface area contributed by atoms with Gasteiger partial charge in [-0.3, -0.25) is 0 Å². The summed E-state index contributed by atoms with van der Waals surface area (Å²) >= 11 is 0. The summed E-state index contributed by atoms with van der Waals surface area (Å²) in [4.78, 5) is 10.9. The van der Waals surface area contributed by atoms with Crippen LogP contribution in [0.5, 0.6) is 0 Å². The second kappa shape index (κ2) is 6.88. The van der Waals surface area contributed by atoms with Gasteiger partial charge in [0.25, 0.3) is 0 Å². The number of aromatic carboxylic acids is 1. The number of carboxylic acid groups (broad SMARTS) is 1. The summed E-state index contributed by atoms with van der Waals surface area (Å²) in [6.45, 7) is 1.59. The third-order valence-corrected chi connectivity index (χ3v) is 2.89. The van der Waals surface area contributed by atoms with Gasteiger partial charge in [-0.1, -0.05) is 24.3 Å². The summed E-state index contributed by atoms with van der Waals surface area (Å²) < 4.78 is 10.3. The molecule has 0 amide bonds. The number of furan rings is 1. The van der Waals surface area contributed by atoms with Crippen molar-refractivity contribution in [1.29, 1.82) is 0 Å². The Morgan fingerprint density at radius 3 is 2.85 bits per heavy atom. The van der Waals surface area contributed by atoms with E-state index in [2.05, 4.69) is 11.4 Å². The Balaban J connectivity index is 1.91. The maximum atomic E-state index is 10.9. The second-order valence-electron chi connectivity index (χ2n) is 4.42. The molecule has 0 saturated heterocycles. The molecule has 0 aliphatic rings. The van der Waals surface area contributed by atoms with Crippen molar-refractivity contribution in [2.45, 2.75) is 19.7 Å². The largest absolute Gasteiger partial charge is 0.478 e. The lowest BCUT2D eigenvalue weighted by atomic mass is 10.1. The molecular formula is C15H17NO4. The van der Waals surface area contributed by atoms with Gasteiger partial charge in [-0.15, -0.1) is 0 Å². The highest BCUT2D eigenvalue weighted by Gasteiger charge is 2.12. The smallest absolute Gasteiger partial charge is 0.339 e. The van der Waals surface area contributed by atoms with Crippen LogP contribution in [0.3, 0.4) is 0 Å². The summed E-state index contributed by atoms with van der Waals surface area (Å²) in [5.74, 6) is -0.539. The molecule has 1 aromatic carbocycles. The number of rotatable bonds is 7. The lowest BCUT2D eigenvalue weighted by molar-refractivity contribution is 0.0694. The van der Waals surface area contributed by atoms with Crippen LogP contribution in [0, 0.1) is 0 Å². The molecule has 1 heterocycles. The lowest BCUT2D eigenvalue weighted by Crippen LogP contribution is -2.14. The monoisotopic (exact) mass is 275 g/mol. The normalized spacial score (nSPS) is 10.7. The molecule has 5 heteroatoms. The molecule has 2 rings (SSSR count). The van der Waals surface area contributed by atoms with Crippen molar-refractivity contribution < 1.29 is 19.1 Å². The maximum Gasteiger partial charge on any atom is 0.339 e. The van der Waals surface area contributed by atoms with Crippen LogP contribution in [0.25, 0.3) is 0 Å². The predicted octanol–water partition coefficient (Wildman–Crippen LogP) is 2.41. The molecule has 20 heavy (non-hydrogen) atoms. The number of carboxylic acids is 1. The minimum atomic E-state index is -0.974. The summed E-state index contributed by atoms with van der Waals surface area (Å²) in [7, 11) is 1.66. The minimum absolute atomic E-state index is 0.200. The topological polar surface area (TPSA) is 71.7 Å². The Morgan fingerprint density at radius 1 is 1.30 bits per heavy atom. The van der Waals surface area contributed by atoms with Gasteiger partial charge in [-0.2, -0.15) is 0 Å². The van der Waals surface area contributed by atoms with Crippen LogP contribution in [0.15, 0.2) is 41.0 Å². The van der Waals surface area contributed by atoms with Crippen molar-refractivity contribution in [2.75, 3.05) is 7.11 Å². The molecule has 106 valence electrons. The van der Waals surface area contributed by atoms with E-state index in [4.69, 9.17) is 14.3 Å². The van der Waals surface area contributed by atoms with Crippen molar-refractivity contribution in [3.05, 3.63) is 59.0 Å². The fourth-order valence-electron chi connectivity index (χ4n) is 1.98. The van der Waals surface area contributed by atoms with E-state index >= 15 is 0 Å². The van der Waals surface area contributed by atoms with E-state index in [0.29, 0.717) is 25.5 Å². The fraction of sp³-hybridized carbons (Fsp3) is 0.267. The predicted molar refractivity (Wildman–Crippen MR) is 73.4 cm³/mol. The Labute approximate surface area is 117 Å². The maximum absolute atomic E-state index is 10.9. The van der Waals surface area contributed by atoms with Gasteiger partial charge in [0.05, 0.1) is 19.4 Å². The molecule has 5 nitrogen and oxygen atoms in total. The number of benzene rings is 1. The zero-order valence-corrected chi connectivity index (χ0v) is 11.3. The summed E-state index contributed by atoms with van der Waals surface area (Å²) in [6.07, 6.45) is 1.39. The molecule has 0 radical (unpaired) electrons. The number of hydrogen-bond donors (Lipinski definition) is 2. The van der Waals surface area contributed by atoms with Crippen LogP contribution in [-0.4, -0.2) is 18.2 Å². The van der Waals surface area contributed by atoms with Crippen molar-refractivity contribution in [1.82, 2.24) is 5.32 Å². The number of ether oxygens (including phenoxy) is 1. The molecule has 0 atom stereocenters. The van der Waals surface area contributed by atoms with Gasteiger partial charge >= 0.3 is 5.97 Å². The molecule has 0 saturated carbocycles. The van der Waals surface area contributed by atoms with Gasteiger partial charge < -0.3 is 19.6 Å². The van der Waals surface area contributed by atoms with E-state index in [0.717, 1.165) is 11.1 Å². The van der Waals surface area contributed by atoms with Crippen molar-refractivity contribution >= 4 is 5.97 Å². The first-order valence-electron chi connectivity index (χ1n) is 6.28. The van der Waals surface area contributed by atoms with Crippen LogP contribution in [-0.2, 0) is 24.4 Å². The lowest BCUT2D eigenvalue weighted by Gasteiger charge is -2.06. The van der Waals surface area contributed by atoms with E-state index in [-0.39, 0.29) is 5.56 Å². The molecule has 1 aromatic heterocycles. The summed E-state index contributed by atoms with van der Waals surface area (Å²) in [5.41, 5.74) is 2.42. The number of hydrogen-bond acceptors (Lipinski definition) is 4. The van der Waals surface area contributed by atoms with Gasteiger partial charge in [0.1, 0.15) is 11.3 Å². The van der Waals surface area contributed by atoms with Gasteiger partial charge in [-0.25, -0.2) is 4.79 Å². The molecule has 0 aliphatic heterocycles. The van der Waals surface area contributed by atoms with Crippen LogP contribution < -0.4 is 5.32 Å². The van der Waals surface area contributed by atoms with Gasteiger partial charge in [0, 0.05) is 13.7 Å². The van der Waals surface area contributed by atoms with Crippen LogP contribution in [0.4, 0.5) is 0 Å². The van der Waals surface area contributed by atoms with E-state index in [1.54, 1.807) is 7.11 Å². The van der Waals surface area contributed by atoms with Crippen molar-refractivity contribution in [3.63, 3.8) is 0 Å². The molecule has 2 N–H and O–H groups in total. The van der Waals surface area contributed by atoms with Gasteiger partial charge in [-0.05, 0) is 17.2 Å². The average Bonchev–Trinajstić information content (AvgIpc) is 2.88. The SMILES string of the molecule is COCc1cccc(CNCc2occc2C(=O)O)c1. The summed E-state index contributed by atoms with van der Waals surface area (Å²) in [5, 5.41) is 12.1. The fourth-order valence-corrected chi connectivity index (χ4v) is 1.98. The minimum Gasteiger partial charge on any atom is -0.478 e. The average molecular weight is 275 g/mol. The standard InChI is InChI=1S/C15H17NO4/c1-19-10-12-4-2-3-11(7-12)8-16-9-14-13(15(17)18)5-6-20-14/h2-7,16H,8-10H2,1H3,(H,17,18). The van der Waals surface area contributed by atoms with Gasteiger partial charge in [0.2, 0.25) is 0 Å². The second-order valence-corrected chi connectivity index (χ2v) is 4.42. The molecular weight excluding hydrogens is 258 g/mol. The first-order valence-corrected chi connectivity index (χ1v) is 6.28. The molecule has 0 spiro atoms. The third kappa shape index (κ3) is 3.69. The molecule has 2 aromatic rings. The number of carbonyl (C=O) groups is 1. The van der Waals surface area contributed by atoms with E-state index in [1.165, 1.54) is 12.3 Å². The molecule has 0 unspecified atom stereocenters. The quantitative estimate of drug-likeness (QED) is 0.812. The Kier molecular flexibility index (Phi) is 4.92. The molecule has 0 fully saturated rings. The van der Waals surface area contributed by atoms with Gasteiger partial charge in [0.15, 0.2) is 0 Å². The van der Waals surface area contributed by atoms with E-state index < -0.39 is 5.97 Å². The number of nitrogens with one attached hydrogen (secondary N) is 1. The van der Waals surface area contributed by atoms with Crippen LogP contribution in [0.1, 0.15) is 27.2 Å². The zero-order chi connectivity index (χ0) is 14.4. The van der Waals surface area contributed by atoms with Crippen molar-refractivity contribution in [3.8, 4) is 0 Å². The van der Waals surface area contributed by atoms with E-state index in [9.17, 15) is 4.79 Å². The zero-order valence-electron chi connectivity index (χ0n) is 11.3. The first kappa shape index (κ1) is 14.3. The third-order valence-electron chi connectivity index (χ3n) is 2.89. The summed E-state index contributed by atoms with van der Waals surface area (Å²) in [6, 6.07) is 9.49. The molecule has 0 aliphatic carbocycles. The molecule has 0 bridgehead atoms. The highest BCUT2D eigenvalue weighted by Crippen LogP contribution is 2.11. The Bertz CT molecular complexity index is 577. The number of methoxy groups -OCH3 is 1. The van der Waals surface area contributed by atoms with E-state index in [1.807, 2.05) is 18.2 Å². The highest BCUT2D eigenvalue weighted by molar-refractivity contribution is 5.88. The van der Waals surface area contributed by atoms with Crippen LogP contribution in [0.2, 0.25) is 0 Å². The first-order chi connectivity index (χ1) is 9.70. The Morgan fingerprint density at radius 2 is 2.10 bits per heavy atom.